The predicted octanol–water partition coefficient (Wildman–Crippen LogP) is 2.81. The SMILES string of the molecule is O=C(OCCCn1ccccc1=O)[C@H]1SCCc2ccccc21. The molecule has 0 unspecified atom stereocenters. The van der Waals surface area contributed by atoms with E-state index in [4.69, 9.17) is 4.74 Å². The Hall–Kier alpha value is -2.01. The highest BCUT2D eigenvalue weighted by Gasteiger charge is 2.27. The first-order valence-electron chi connectivity index (χ1n) is 7.77. The summed E-state index contributed by atoms with van der Waals surface area (Å²) in [7, 11) is 0. The van der Waals surface area contributed by atoms with Gasteiger partial charge in [-0.15, -0.1) is 11.8 Å². The van der Waals surface area contributed by atoms with Crippen LogP contribution in [0.1, 0.15) is 22.8 Å². The van der Waals surface area contributed by atoms with Crippen molar-refractivity contribution in [2.24, 2.45) is 0 Å². The largest absolute Gasteiger partial charge is 0.465 e. The maximum absolute atomic E-state index is 12.3. The van der Waals surface area contributed by atoms with E-state index in [0.717, 1.165) is 17.7 Å². The second-order valence-corrected chi connectivity index (χ2v) is 6.67. The van der Waals surface area contributed by atoms with Crippen molar-refractivity contribution >= 4 is 17.7 Å². The van der Waals surface area contributed by atoms with Crippen LogP contribution in [0.5, 0.6) is 0 Å². The van der Waals surface area contributed by atoms with Crippen LogP contribution in [0.4, 0.5) is 0 Å². The van der Waals surface area contributed by atoms with E-state index in [2.05, 4.69) is 6.07 Å². The molecule has 0 amide bonds. The first-order valence-corrected chi connectivity index (χ1v) is 8.82. The number of carbonyl (C=O) groups is 1. The Kier molecular flexibility index (Phi) is 5.18. The summed E-state index contributed by atoms with van der Waals surface area (Å²) in [6.45, 7) is 0.890. The number of carbonyl (C=O) groups excluding carboxylic acids is 1. The molecule has 0 saturated carbocycles. The molecule has 0 aliphatic carbocycles. The minimum absolute atomic E-state index is 0.0319. The van der Waals surface area contributed by atoms with Crippen molar-refractivity contribution in [3.8, 4) is 0 Å². The van der Waals surface area contributed by atoms with E-state index in [9.17, 15) is 9.59 Å². The number of aryl methyl sites for hydroxylation is 2. The third-order valence-corrected chi connectivity index (χ3v) is 5.11. The maximum Gasteiger partial charge on any atom is 0.323 e. The molecule has 3 rings (SSSR count). The van der Waals surface area contributed by atoms with Gasteiger partial charge in [-0.25, -0.2) is 0 Å². The van der Waals surface area contributed by atoms with Crippen molar-refractivity contribution in [3.05, 3.63) is 70.1 Å². The van der Waals surface area contributed by atoms with Crippen LogP contribution in [-0.2, 0) is 22.5 Å². The van der Waals surface area contributed by atoms with E-state index in [1.807, 2.05) is 24.3 Å². The summed E-state index contributed by atoms with van der Waals surface area (Å²) in [6, 6.07) is 13.1. The van der Waals surface area contributed by atoms with Crippen molar-refractivity contribution in [1.82, 2.24) is 4.57 Å². The van der Waals surface area contributed by atoms with E-state index in [-0.39, 0.29) is 16.8 Å². The van der Waals surface area contributed by atoms with Gasteiger partial charge in [0.2, 0.25) is 5.56 Å². The van der Waals surface area contributed by atoms with Gasteiger partial charge in [0.05, 0.1) is 6.61 Å². The average molecular weight is 329 g/mol. The molecule has 1 aromatic heterocycles. The van der Waals surface area contributed by atoms with Gasteiger partial charge in [0, 0.05) is 18.8 Å². The Bertz CT molecular complexity index is 741. The predicted molar refractivity (Wildman–Crippen MR) is 91.6 cm³/mol. The summed E-state index contributed by atoms with van der Waals surface area (Å²) in [5, 5.41) is -0.223. The summed E-state index contributed by atoms with van der Waals surface area (Å²) in [6.07, 6.45) is 3.38. The van der Waals surface area contributed by atoms with Gasteiger partial charge >= 0.3 is 5.97 Å². The lowest BCUT2D eigenvalue weighted by Crippen LogP contribution is -2.21. The lowest BCUT2D eigenvalue weighted by molar-refractivity contribution is -0.143. The van der Waals surface area contributed by atoms with Gasteiger partial charge in [-0.3, -0.25) is 9.59 Å². The van der Waals surface area contributed by atoms with Crippen LogP contribution in [0.2, 0.25) is 0 Å². The Morgan fingerprint density at radius 3 is 2.91 bits per heavy atom. The number of benzene rings is 1. The molecule has 0 saturated heterocycles. The topological polar surface area (TPSA) is 48.3 Å². The first kappa shape index (κ1) is 15.9. The molecule has 0 radical (unpaired) electrons. The van der Waals surface area contributed by atoms with E-state index in [0.29, 0.717) is 19.6 Å². The number of nitrogens with zero attached hydrogens (tertiary/aromatic N) is 1. The van der Waals surface area contributed by atoms with Crippen LogP contribution in [0.3, 0.4) is 0 Å². The Balaban J connectivity index is 1.53. The highest BCUT2D eigenvalue weighted by molar-refractivity contribution is 8.00. The number of hydrogen-bond acceptors (Lipinski definition) is 4. The number of pyridine rings is 1. The molecule has 0 N–H and O–H groups in total. The van der Waals surface area contributed by atoms with Crippen LogP contribution >= 0.6 is 11.8 Å². The van der Waals surface area contributed by atoms with Gasteiger partial charge in [0.1, 0.15) is 5.25 Å². The van der Waals surface area contributed by atoms with Gasteiger partial charge in [-0.05, 0) is 35.8 Å². The quantitative estimate of drug-likeness (QED) is 0.625. The summed E-state index contributed by atoms with van der Waals surface area (Å²) < 4.78 is 7.05. The molecule has 0 bridgehead atoms. The third-order valence-electron chi connectivity index (χ3n) is 3.89. The minimum Gasteiger partial charge on any atom is -0.465 e. The molecule has 23 heavy (non-hydrogen) atoms. The number of rotatable bonds is 5. The lowest BCUT2D eigenvalue weighted by atomic mass is 10.0. The molecule has 120 valence electrons. The van der Waals surface area contributed by atoms with Crippen LogP contribution < -0.4 is 5.56 Å². The zero-order valence-electron chi connectivity index (χ0n) is 12.8. The molecule has 1 aliphatic rings. The molecular formula is C18H19NO3S. The van der Waals surface area contributed by atoms with Crippen LogP contribution in [0.25, 0.3) is 0 Å². The van der Waals surface area contributed by atoms with Gasteiger partial charge < -0.3 is 9.30 Å². The summed E-state index contributed by atoms with van der Waals surface area (Å²) >= 11 is 1.64. The standard InChI is InChI=1S/C18H19NO3S/c20-16-8-3-4-10-19(16)11-5-12-22-18(21)17-15-7-2-1-6-14(15)9-13-23-17/h1-4,6-8,10,17H,5,9,11-13H2/t17-/m0/s1. The maximum atomic E-state index is 12.3. The normalized spacial score (nSPS) is 16.6. The van der Waals surface area contributed by atoms with Crippen LogP contribution in [0, 0.1) is 0 Å². The minimum atomic E-state index is -0.223. The molecule has 2 aromatic rings. The fourth-order valence-corrected chi connectivity index (χ4v) is 3.90. The molecular weight excluding hydrogens is 310 g/mol. The summed E-state index contributed by atoms with van der Waals surface area (Å²) in [5.74, 6) is 0.762. The van der Waals surface area contributed by atoms with Gasteiger partial charge in [0.15, 0.2) is 0 Å². The lowest BCUT2D eigenvalue weighted by Gasteiger charge is -2.23. The fourth-order valence-electron chi connectivity index (χ4n) is 2.72. The van der Waals surface area contributed by atoms with Crippen molar-refractivity contribution < 1.29 is 9.53 Å². The average Bonchev–Trinajstić information content (AvgIpc) is 2.59. The van der Waals surface area contributed by atoms with Crippen molar-refractivity contribution in [1.29, 1.82) is 0 Å². The Morgan fingerprint density at radius 2 is 2.04 bits per heavy atom. The highest BCUT2D eigenvalue weighted by Crippen LogP contribution is 2.37. The molecule has 5 heteroatoms. The van der Waals surface area contributed by atoms with E-state index < -0.39 is 0 Å². The summed E-state index contributed by atoms with van der Waals surface area (Å²) in [4.78, 5) is 23.9. The molecule has 1 aromatic carbocycles. The molecule has 1 aliphatic heterocycles. The van der Waals surface area contributed by atoms with Crippen LogP contribution in [-0.4, -0.2) is 22.9 Å². The van der Waals surface area contributed by atoms with Gasteiger partial charge in [0.25, 0.3) is 0 Å². The number of ether oxygens (including phenoxy) is 1. The Morgan fingerprint density at radius 1 is 1.22 bits per heavy atom. The first-order chi connectivity index (χ1) is 11.3. The van der Waals surface area contributed by atoms with Crippen molar-refractivity contribution in [3.63, 3.8) is 0 Å². The fraction of sp³-hybridized carbons (Fsp3) is 0.333. The van der Waals surface area contributed by atoms with Gasteiger partial charge in [-0.1, -0.05) is 30.3 Å². The number of hydrogen-bond donors (Lipinski definition) is 0. The molecule has 0 spiro atoms. The molecule has 4 nitrogen and oxygen atoms in total. The van der Waals surface area contributed by atoms with E-state index >= 15 is 0 Å². The smallest absolute Gasteiger partial charge is 0.323 e. The van der Waals surface area contributed by atoms with E-state index in [1.165, 1.54) is 11.6 Å². The monoisotopic (exact) mass is 329 g/mol. The van der Waals surface area contributed by atoms with Crippen LogP contribution in [0.15, 0.2) is 53.5 Å². The number of aromatic nitrogens is 1. The zero-order valence-corrected chi connectivity index (χ0v) is 13.6. The molecule has 2 heterocycles. The van der Waals surface area contributed by atoms with Crippen molar-refractivity contribution in [2.75, 3.05) is 12.4 Å². The molecule has 0 fully saturated rings. The second-order valence-electron chi connectivity index (χ2n) is 5.45. The number of esters is 1. The Labute approximate surface area is 139 Å². The second kappa shape index (κ2) is 7.51. The molecule has 1 atom stereocenters. The van der Waals surface area contributed by atoms with Gasteiger partial charge in [-0.2, -0.15) is 0 Å². The third kappa shape index (κ3) is 3.85. The zero-order chi connectivity index (χ0) is 16.1. The van der Waals surface area contributed by atoms with E-state index in [1.54, 1.807) is 28.6 Å². The summed E-state index contributed by atoms with van der Waals surface area (Å²) in [5.41, 5.74) is 2.28. The highest BCUT2D eigenvalue weighted by atomic mass is 32.2. The number of thioether (sulfide) groups is 1. The number of fused-ring (bicyclic) bond motifs is 1. The van der Waals surface area contributed by atoms with Crippen molar-refractivity contribution in [2.45, 2.75) is 24.6 Å².